The van der Waals surface area contributed by atoms with Gasteiger partial charge in [-0.2, -0.15) is 0 Å². The Labute approximate surface area is 186 Å². The van der Waals surface area contributed by atoms with Crippen molar-refractivity contribution in [2.75, 3.05) is 31.0 Å². The maximum absolute atomic E-state index is 13.1. The lowest BCUT2D eigenvalue weighted by molar-refractivity contribution is -0.132. The van der Waals surface area contributed by atoms with E-state index < -0.39 is 17.7 Å². The largest absolute Gasteiger partial charge is 0.507 e. The maximum atomic E-state index is 13.1. The van der Waals surface area contributed by atoms with Gasteiger partial charge in [0, 0.05) is 43.4 Å². The number of ketones is 1. The van der Waals surface area contributed by atoms with Gasteiger partial charge in [-0.25, -0.2) is 0 Å². The third-order valence-electron chi connectivity index (χ3n) is 5.47. The summed E-state index contributed by atoms with van der Waals surface area (Å²) in [5.41, 5.74) is 2.65. The molecule has 0 radical (unpaired) electrons. The summed E-state index contributed by atoms with van der Waals surface area (Å²) in [6.07, 6.45) is 3.19. The molecule has 0 bridgehead atoms. The van der Waals surface area contributed by atoms with Crippen molar-refractivity contribution in [1.82, 2.24) is 4.98 Å². The Hall–Kier alpha value is -4.13. The van der Waals surface area contributed by atoms with Crippen LogP contribution >= 0.6 is 0 Å². The van der Waals surface area contributed by atoms with E-state index in [-0.39, 0.29) is 11.3 Å². The number of pyridine rings is 1. The first kappa shape index (κ1) is 21.1. The number of nitrogens with zero attached hydrogens (tertiary/aromatic N) is 3. The molecule has 3 aromatic rings. The van der Waals surface area contributed by atoms with Crippen molar-refractivity contribution >= 4 is 28.8 Å². The molecule has 0 saturated carbocycles. The van der Waals surface area contributed by atoms with Gasteiger partial charge in [-0.3, -0.25) is 19.5 Å². The molecule has 1 aliphatic rings. The van der Waals surface area contributed by atoms with Crippen molar-refractivity contribution in [3.63, 3.8) is 0 Å². The Kier molecular flexibility index (Phi) is 5.64. The maximum Gasteiger partial charge on any atom is 0.300 e. The fourth-order valence-corrected chi connectivity index (χ4v) is 3.78. The first-order valence-electron chi connectivity index (χ1n) is 10.0. The monoisotopic (exact) mass is 429 g/mol. The topological polar surface area (TPSA) is 83.0 Å². The Morgan fingerprint density at radius 3 is 2.16 bits per heavy atom. The van der Waals surface area contributed by atoms with Crippen molar-refractivity contribution in [2.45, 2.75) is 6.04 Å². The van der Waals surface area contributed by atoms with E-state index in [0.29, 0.717) is 22.6 Å². The molecule has 1 aromatic heterocycles. The van der Waals surface area contributed by atoms with E-state index in [4.69, 9.17) is 4.74 Å². The summed E-state index contributed by atoms with van der Waals surface area (Å²) in [7, 11) is 5.39. The number of benzene rings is 2. The molecule has 0 aliphatic carbocycles. The predicted octanol–water partition coefficient (Wildman–Crippen LogP) is 3.78. The number of ether oxygens (including phenoxy) is 1. The number of aliphatic hydroxyl groups is 1. The summed E-state index contributed by atoms with van der Waals surface area (Å²) in [6.45, 7) is 0. The van der Waals surface area contributed by atoms with Gasteiger partial charge in [0.1, 0.15) is 11.5 Å². The van der Waals surface area contributed by atoms with Crippen molar-refractivity contribution in [2.24, 2.45) is 0 Å². The van der Waals surface area contributed by atoms with Crippen LogP contribution in [0.4, 0.5) is 11.4 Å². The van der Waals surface area contributed by atoms with Crippen LogP contribution in [0.3, 0.4) is 0 Å². The van der Waals surface area contributed by atoms with Gasteiger partial charge in [0.2, 0.25) is 0 Å². The van der Waals surface area contributed by atoms with E-state index in [1.807, 2.05) is 31.1 Å². The second-order valence-corrected chi connectivity index (χ2v) is 7.59. The molecule has 2 heterocycles. The Balaban J connectivity index is 1.87. The molecular formula is C25H23N3O4. The summed E-state index contributed by atoms with van der Waals surface area (Å²) >= 11 is 0. The number of hydrogen-bond donors (Lipinski definition) is 1. The van der Waals surface area contributed by atoms with Gasteiger partial charge >= 0.3 is 0 Å². The summed E-state index contributed by atoms with van der Waals surface area (Å²) in [5.74, 6) is -1.05. The van der Waals surface area contributed by atoms with E-state index in [0.717, 1.165) is 5.69 Å². The van der Waals surface area contributed by atoms with Gasteiger partial charge in [-0.1, -0.05) is 0 Å². The van der Waals surface area contributed by atoms with Gasteiger partial charge in [0.15, 0.2) is 0 Å². The number of aliphatic hydroxyl groups excluding tert-OH is 1. The van der Waals surface area contributed by atoms with Crippen LogP contribution in [0.25, 0.3) is 5.76 Å². The van der Waals surface area contributed by atoms with Crippen LogP contribution in [0, 0.1) is 0 Å². The number of carbonyl (C=O) groups excluding carboxylic acids is 2. The second-order valence-electron chi connectivity index (χ2n) is 7.59. The van der Waals surface area contributed by atoms with Gasteiger partial charge in [0.25, 0.3) is 11.7 Å². The average Bonchev–Trinajstić information content (AvgIpc) is 3.09. The van der Waals surface area contributed by atoms with Crippen molar-refractivity contribution < 1.29 is 19.4 Å². The molecule has 4 rings (SSSR count). The molecule has 32 heavy (non-hydrogen) atoms. The van der Waals surface area contributed by atoms with Gasteiger partial charge in [0.05, 0.1) is 18.7 Å². The fourth-order valence-electron chi connectivity index (χ4n) is 3.78. The quantitative estimate of drug-likeness (QED) is 0.378. The highest BCUT2D eigenvalue weighted by atomic mass is 16.5. The molecule has 1 N–H and O–H groups in total. The number of anilines is 2. The summed E-state index contributed by atoms with van der Waals surface area (Å²) < 4.78 is 5.17. The number of amides is 1. The second kappa shape index (κ2) is 8.55. The first-order chi connectivity index (χ1) is 15.4. The molecule has 0 spiro atoms. The smallest absolute Gasteiger partial charge is 0.300 e. The normalized spacial score (nSPS) is 17.5. The van der Waals surface area contributed by atoms with Crippen LogP contribution in [-0.4, -0.2) is 43.0 Å². The van der Waals surface area contributed by atoms with Crippen LogP contribution < -0.4 is 14.5 Å². The summed E-state index contributed by atoms with van der Waals surface area (Å²) in [5, 5.41) is 11.1. The zero-order valence-electron chi connectivity index (χ0n) is 18.0. The van der Waals surface area contributed by atoms with E-state index in [1.165, 1.54) is 4.90 Å². The summed E-state index contributed by atoms with van der Waals surface area (Å²) in [4.78, 5) is 33.7. The number of methoxy groups -OCH3 is 1. The Bertz CT molecular complexity index is 1170. The van der Waals surface area contributed by atoms with Gasteiger partial charge in [-0.15, -0.1) is 0 Å². The lowest BCUT2D eigenvalue weighted by atomic mass is 9.95. The SMILES string of the molecule is COc1ccc(/C(O)=C2\C(=O)C(=O)N(c3ccc(N(C)C)cc3)C2c2ccncc2)cc1. The zero-order valence-corrected chi connectivity index (χ0v) is 18.0. The minimum Gasteiger partial charge on any atom is -0.507 e. The molecule has 1 atom stereocenters. The van der Waals surface area contributed by atoms with Gasteiger partial charge in [-0.05, 0) is 66.2 Å². The number of Topliss-reactive ketones (excluding diaryl/α,β-unsaturated/α-hetero) is 1. The molecular weight excluding hydrogens is 406 g/mol. The van der Waals surface area contributed by atoms with Crippen LogP contribution in [0.2, 0.25) is 0 Å². The molecule has 1 aliphatic heterocycles. The van der Waals surface area contributed by atoms with Crippen molar-refractivity contribution in [3.05, 3.63) is 89.8 Å². The third-order valence-corrected chi connectivity index (χ3v) is 5.47. The Morgan fingerprint density at radius 2 is 1.59 bits per heavy atom. The molecule has 1 amide bonds. The van der Waals surface area contributed by atoms with Crippen molar-refractivity contribution in [1.29, 1.82) is 0 Å². The van der Waals surface area contributed by atoms with Crippen LogP contribution in [-0.2, 0) is 9.59 Å². The zero-order chi connectivity index (χ0) is 22.8. The molecule has 7 heteroatoms. The highest BCUT2D eigenvalue weighted by molar-refractivity contribution is 6.51. The predicted molar refractivity (Wildman–Crippen MR) is 123 cm³/mol. The van der Waals surface area contributed by atoms with E-state index in [1.54, 1.807) is 68.0 Å². The number of carbonyl (C=O) groups is 2. The first-order valence-corrected chi connectivity index (χ1v) is 10.0. The lowest BCUT2D eigenvalue weighted by Crippen LogP contribution is -2.29. The number of rotatable bonds is 5. The number of aromatic nitrogens is 1. The molecule has 7 nitrogen and oxygen atoms in total. The van der Waals surface area contributed by atoms with E-state index in [9.17, 15) is 14.7 Å². The molecule has 2 aromatic carbocycles. The standard InChI is InChI=1S/C25H23N3O4/c1-27(2)18-6-8-19(9-7-18)28-22(16-12-14-26-15-13-16)21(24(30)25(28)31)23(29)17-4-10-20(32-3)11-5-17/h4-15,22,29H,1-3H3/b23-21+. The highest BCUT2D eigenvalue weighted by Gasteiger charge is 2.46. The van der Waals surface area contributed by atoms with E-state index in [2.05, 4.69) is 4.98 Å². The van der Waals surface area contributed by atoms with Crippen molar-refractivity contribution in [3.8, 4) is 5.75 Å². The average molecular weight is 429 g/mol. The van der Waals surface area contributed by atoms with Crippen LogP contribution in [0.5, 0.6) is 5.75 Å². The van der Waals surface area contributed by atoms with Gasteiger partial charge < -0.3 is 14.7 Å². The third kappa shape index (κ3) is 3.69. The number of hydrogen-bond acceptors (Lipinski definition) is 6. The van der Waals surface area contributed by atoms with Crippen LogP contribution in [0.1, 0.15) is 17.2 Å². The molecule has 1 saturated heterocycles. The minimum atomic E-state index is -0.787. The highest BCUT2D eigenvalue weighted by Crippen LogP contribution is 2.42. The van der Waals surface area contributed by atoms with E-state index >= 15 is 0 Å². The Morgan fingerprint density at radius 1 is 0.969 bits per heavy atom. The minimum absolute atomic E-state index is 0.0306. The molecule has 1 fully saturated rings. The lowest BCUT2D eigenvalue weighted by Gasteiger charge is -2.26. The molecule has 162 valence electrons. The molecule has 1 unspecified atom stereocenters. The summed E-state index contributed by atoms with van der Waals surface area (Å²) in [6, 6.07) is 16.7. The van der Waals surface area contributed by atoms with Crippen LogP contribution in [0.15, 0.2) is 78.6 Å². The fraction of sp³-hybridized carbons (Fsp3) is 0.160.